The molecule has 5 nitrogen and oxygen atoms in total. The number of pyridine rings is 1. The largest absolute Gasteiger partial charge is 0.488 e. The van der Waals surface area contributed by atoms with Crippen LogP contribution in [-0.4, -0.2) is 48.7 Å². The van der Waals surface area contributed by atoms with Gasteiger partial charge in [-0.1, -0.05) is 6.07 Å². The zero-order chi connectivity index (χ0) is 15.8. The maximum Gasteiger partial charge on any atom is 0.248 e. The van der Waals surface area contributed by atoms with Crippen molar-refractivity contribution in [2.75, 3.05) is 32.7 Å². The van der Waals surface area contributed by atoms with E-state index in [2.05, 4.69) is 21.3 Å². The van der Waals surface area contributed by atoms with Crippen molar-refractivity contribution in [3.8, 4) is 5.75 Å². The summed E-state index contributed by atoms with van der Waals surface area (Å²) < 4.78 is 6.27. The van der Waals surface area contributed by atoms with Crippen molar-refractivity contribution in [3.05, 3.63) is 39.7 Å². The molecule has 5 heteroatoms. The minimum absolute atomic E-state index is 0.0628. The van der Waals surface area contributed by atoms with E-state index < -0.39 is 0 Å². The molecule has 2 N–H and O–H groups in total. The number of aromatic nitrogens is 1. The van der Waals surface area contributed by atoms with E-state index in [9.17, 15) is 4.79 Å². The number of ether oxygens (including phenoxy) is 1. The Kier molecular flexibility index (Phi) is 3.83. The molecule has 4 rings (SSSR count). The van der Waals surface area contributed by atoms with E-state index in [0.29, 0.717) is 0 Å². The molecule has 1 unspecified atom stereocenters. The number of fused-ring (bicyclic) bond motifs is 3. The molecule has 2 aliphatic rings. The lowest BCUT2D eigenvalue weighted by Crippen LogP contribution is -2.37. The molecular weight excluding hydrogens is 290 g/mol. The van der Waals surface area contributed by atoms with E-state index in [0.717, 1.165) is 61.4 Å². The number of hydrogen-bond donors (Lipinski definition) is 2. The fourth-order valence-corrected chi connectivity index (χ4v) is 3.77. The van der Waals surface area contributed by atoms with Gasteiger partial charge in [-0.25, -0.2) is 0 Å². The molecule has 1 saturated heterocycles. The average molecular weight is 313 g/mol. The van der Waals surface area contributed by atoms with Gasteiger partial charge in [-0.2, -0.15) is 0 Å². The van der Waals surface area contributed by atoms with Gasteiger partial charge in [0.05, 0.1) is 5.52 Å². The Hall–Kier alpha value is -1.85. The zero-order valence-corrected chi connectivity index (χ0v) is 13.5. The predicted octanol–water partition coefficient (Wildman–Crippen LogP) is 1.44. The normalized spacial score (nSPS) is 21.9. The number of H-pyrrole nitrogens is 1. The smallest absolute Gasteiger partial charge is 0.248 e. The molecule has 2 aliphatic heterocycles. The van der Waals surface area contributed by atoms with Crippen molar-refractivity contribution in [3.63, 3.8) is 0 Å². The first-order valence-corrected chi connectivity index (χ1v) is 8.46. The van der Waals surface area contributed by atoms with E-state index in [4.69, 9.17) is 4.74 Å². The molecule has 0 amide bonds. The van der Waals surface area contributed by atoms with Crippen LogP contribution >= 0.6 is 0 Å². The third-order valence-electron chi connectivity index (χ3n) is 4.87. The van der Waals surface area contributed by atoms with Gasteiger partial charge in [0.1, 0.15) is 11.9 Å². The highest BCUT2D eigenvalue weighted by atomic mass is 16.5. The minimum atomic E-state index is -0.0628. The monoisotopic (exact) mass is 313 g/mol. The summed E-state index contributed by atoms with van der Waals surface area (Å²) >= 11 is 0. The van der Waals surface area contributed by atoms with Crippen LogP contribution < -0.4 is 15.6 Å². The van der Waals surface area contributed by atoms with Crippen LogP contribution in [0.25, 0.3) is 10.9 Å². The van der Waals surface area contributed by atoms with Crippen LogP contribution in [0.3, 0.4) is 0 Å². The summed E-state index contributed by atoms with van der Waals surface area (Å²) in [5.74, 6) is 0.958. The number of aryl methyl sites for hydroxylation is 1. The van der Waals surface area contributed by atoms with Gasteiger partial charge in [-0.05, 0) is 43.6 Å². The lowest BCUT2D eigenvalue weighted by Gasteiger charge is -2.23. The molecule has 1 fully saturated rings. The predicted molar refractivity (Wildman–Crippen MR) is 91.4 cm³/mol. The molecular formula is C18H23N3O2. The summed E-state index contributed by atoms with van der Waals surface area (Å²) in [5.41, 5.74) is 3.21. The summed E-state index contributed by atoms with van der Waals surface area (Å²) in [5, 5.41) is 4.47. The first-order valence-electron chi connectivity index (χ1n) is 8.46. The second-order valence-electron chi connectivity index (χ2n) is 6.64. The average Bonchev–Trinajstić information content (AvgIpc) is 2.75. The zero-order valence-electron chi connectivity index (χ0n) is 13.5. The van der Waals surface area contributed by atoms with Gasteiger partial charge in [0, 0.05) is 37.5 Å². The van der Waals surface area contributed by atoms with Gasteiger partial charge in [-0.3, -0.25) is 9.69 Å². The van der Waals surface area contributed by atoms with E-state index in [1.165, 1.54) is 12.0 Å². The van der Waals surface area contributed by atoms with Crippen LogP contribution in [0.4, 0.5) is 0 Å². The highest BCUT2D eigenvalue weighted by Crippen LogP contribution is 2.37. The third kappa shape index (κ3) is 2.86. The second-order valence-corrected chi connectivity index (χ2v) is 6.64. The Morgan fingerprint density at radius 3 is 3.13 bits per heavy atom. The summed E-state index contributed by atoms with van der Waals surface area (Å²) in [6.07, 6.45) is 2.36. The van der Waals surface area contributed by atoms with E-state index in [-0.39, 0.29) is 11.7 Å². The molecule has 2 aromatic rings. The summed E-state index contributed by atoms with van der Waals surface area (Å²) in [6.45, 7) is 7.41. The maximum atomic E-state index is 11.6. The van der Waals surface area contributed by atoms with Crippen LogP contribution in [0.1, 0.15) is 17.5 Å². The van der Waals surface area contributed by atoms with Crippen LogP contribution in [-0.2, 0) is 6.42 Å². The molecule has 1 aromatic carbocycles. The minimum Gasteiger partial charge on any atom is -0.488 e. The Bertz CT molecular complexity index is 776. The fraction of sp³-hybridized carbons (Fsp3) is 0.500. The highest BCUT2D eigenvalue weighted by Gasteiger charge is 2.27. The van der Waals surface area contributed by atoms with Gasteiger partial charge in [0.15, 0.2) is 0 Å². The molecule has 3 heterocycles. The van der Waals surface area contributed by atoms with E-state index in [1.54, 1.807) is 6.07 Å². The van der Waals surface area contributed by atoms with E-state index >= 15 is 0 Å². The van der Waals surface area contributed by atoms with E-state index in [1.807, 2.05) is 13.0 Å². The molecule has 0 bridgehead atoms. The number of hydrogen-bond acceptors (Lipinski definition) is 4. The summed E-state index contributed by atoms with van der Waals surface area (Å²) in [6, 6.07) is 5.63. The molecule has 0 saturated carbocycles. The number of nitrogens with zero attached hydrogens (tertiary/aromatic N) is 1. The number of nitrogens with one attached hydrogen (secondary N) is 2. The van der Waals surface area contributed by atoms with Crippen molar-refractivity contribution in [2.45, 2.75) is 25.9 Å². The third-order valence-corrected chi connectivity index (χ3v) is 4.87. The molecule has 1 atom stereocenters. The van der Waals surface area contributed by atoms with Crippen LogP contribution in [0.2, 0.25) is 0 Å². The highest BCUT2D eigenvalue weighted by molar-refractivity contribution is 5.89. The first kappa shape index (κ1) is 14.7. The van der Waals surface area contributed by atoms with Crippen molar-refractivity contribution >= 4 is 10.9 Å². The topological polar surface area (TPSA) is 57.4 Å². The fourth-order valence-electron chi connectivity index (χ4n) is 3.77. The SMILES string of the molecule is Cc1cc2c(c3ccc(=O)[nH]c13)OC(CN1CCCNCC1)C2. The first-order chi connectivity index (χ1) is 11.2. The molecule has 0 radical (unpaired) electrons. The van der Waals surface area contributed by atoms with Gasteiger partial charge in [0.2, 0.25) is 5.56 Å². The van der Waals surface area contributed by atoms with Gasteiger partial charge < -0.3 is 15.0 Å². The molecule has 1 aromatic heterocycles. The van der Waals surface area contributed by atoms with Gasteiger partial charge in [0.25, 0.3) is 0 Å². The maximum absolute atomic E-state index is 11.6. The Labute approximate surface area is 135 Å². The lowest BCUT2D eigenvalue weighted by molar-refractivity contribution is 0.156. The Balaban J connectivity index is 1.59. The summed E-state index contributed by atoms with van der Waals surface area (Å²) in [4.78, 5) is 17.0. The molecule has 0 aliphatic carbocycles. The summed E-state index contributed by atoms with van der Waals surface area (Å²) in [7, 11) is 0. The Morgan fingerprint density at radius 2 is 2.22 bits per heavy atom. The van der Waals surface area contributed by atoms with Crippen LogP contribution in [0.5, 0.6) is 5.75 Å². The quantitative estimate of drug-likeness (QED) is 0.881. The number of rotatable bonds is 2. The van der Waals surface area contributed by atoms with Crippen LogP contribution in [0, 0.1) is 6.92 Å². The number of aromatic amines is 1. The van der Waals surface area contributed by atoms with Gasteiger partial charge >= 0.3 is 0 Å². The molecule has 0 spiro atoms. The standard InChI is InChI=1S/C18H23N3O2/c1-12-9-13-10-14(11-21-7-2-5-19-6-8-21)23-18(13)15-3-4-16(22)20-17(12)15/h3-4,9,14,19H,2,5-8,10-11H2,1H3,(H,20,22). The van der Waals surface area contributed by atoms with Crippen molar-refractivity contribution in [1.82, 2.24) is 15.2 Å². The Morgan fingerprint density at radius 1 is 1.30 bits per heavy atom. The lowest BCUT2D eigenvalue weighted by atomic mass is 10.0. The van der Waals surface area contributed by atoms with Crippen molar-refractivity contribution < 1.29 is 4.74 Å². The van der Waals surface area contributed by atoms with Gasteiger partial charge in [-0.15, -0.1) is 0 Å². The van der Waals surface area contributed by atoms with Crippen molar-refractivity contribution in [2.24, 2.45) is 0 Å². The van der Waals surface area contributed by atoms with Crippen molar-refractivity contribution in [1.29, 1.82) is 0 Å². The molecule has 23 heavy (non-hydrogen) atoms. The molecule has 122 valence electrons. The van der Waals surface area contributed by atoms with Crippen LogP contribution in [0.15, 0.2) is 23.0 Å². The number of benzene rings is 1. The second kappa shape index (κ2) is 5.98.